The molecular formula is C21H25F3N2O4. The number of carbonyl (C=O) groups is 2. The van der Waals surface area contributed by atoms with Crippen LogP contribution >= 0.6 is 0 Å². The molecule has 1 aliphatic heterocycles. The van der Waals surface area contributed by atoms with Crippen molar-refractivity contribution in [1.29, 1.82) is 0 Å². The molecule has 0 radical (unpaired) electrons. The lowest BCUT2D eigenvalue weighted by Crippen LogP contribution is -2.50. The van der Waals surface area contributed by atoms with E-state index in [-0.39, 0.29) is 29.0 Å². The van der Waals surface area contributed by atoms with Crippen molar-refractivity contribution < 1.29 is 32.2 Å². The summed E-state index contributed by atoms with van der Waals surface area (Å²) in [5.41, 5.74) is 1.23. The highest BCUT2D eigenvalue weighted by Gasteiger charge is 2.62. The van der Waals surface area contributed by atoms with E-state index in [1.807, 2.05) is 4.90 Å². The molecule has 9 heteroatoms. The highest BCUT2D eigenvalue weighted by atomic mass is 19.4. The van der Waals surface area contributed by atoms with Gasteiger partial charge in [-0.05, 0) is 56.2 Å². The molecule has 30 heavy (non-hydrogen) atoms. The maximum absolute atomic E-state index is 12.8. The molecule has 0 bridgehead atoms. The quantitative estimate of drug-likeness (QED) is 0.783. The fourth-order valence-corrected chi connectivity index (χ4v) is 4.83. The van der Waals surface area contributed by atoms with E-state index >= 15 is 0 Å². The smallest absolute Gasteiger partial charge is 0.450 e. The van der Waals surface area contributed by atoms with Gasteiger partial charge in [0, 0.05) is 30.5 Å². The van der Waals surface area contributed by atoms with E-state index in [0.29, 0.717) is 44.0 Å². The fourth-order valence-electron chi connectivity index (χ4n) is 4.83. The SMILES string of the molecule is CCOC(=O)N[C@H]1C[C@@H](C(=O)N2CC3CC3(c3ccc(OC(F)(F)F)c(C)c3)C2)C1. The summed E-state index contributed by atoms with van der Waals surface area (Å²) in [5, 5.41) is 2.75. The van der Waals surface area contributed by atoms with Crippen LogP contribution in [0.15, 0.2) is 18.2 Å². The van der Waals surface area contributed by atoms with Gasteiger partial charge in [0.2, 0.25) is 5.91 Å². The number of aryl methyl sites for hydroxylation is 1. The van der Waals surface area contributed by atoms with Crippen LogP contribution in [-0.2, 0) is 14.9 Å². The molecule has 1 aromatic rings. The van der Waals surface area contributed by atoms with Gasteiger partial charge in [0.1, 0.15) is 5.75 Å². The van der Waals surface area contributed by atoms with Crippen LogP contribution < -0.4 is 10.1 Å². The number of piperidine rings is 1. The summed E-state index contributed by atoms with van der Waals surface area (Å²) in [6.45, 7) is 4.90. The Balaban J connectivity index is 1.34. The third-order valence-electron chi connectivity index (χ3n) is 6.52. The number of carbonyl (C=O) groups excluding carboxylic acids is 2. The van der Waals surface area contributed by atoms with Crippen LogP contribution in [-0.4, -0.2) is 49.0 Å². The molecule has 1 heterocycles. The van der Waals surface area contributed by atoms with E-state index in [9.17, 15) is 22.8 Å². The summed E-state index contributed by atoms with van der Waals surface area (Å²) in [4.78, 5) is 26.2. The molecular weight excluding hydrogens is 401 g/mol. The Labute approximate surface area is 172 Å². The largest absolute Gasteiger partial charge is 0.573 e. The highest BCUT2D eigenvalue weighted by molar-refractivity contribution is 5.81. The highest BCUT2D eigenvalue weighted by Crippen LogP contribution is 2.59. The Morgan fingerprint density at radius 2 is 2.03 bits per heavy atom. The van der Waals surface area contributed by atoms with E-state index in [0.717, 1.165) is 12.0 Å². The van der Waals surface area contributed by atoms with Crippen molar-refractivity contribution in [2.45, 2.75) is 50.9 Å². The van der Waals surface area contributed by atoms with Crippen molar-refractivity contribution >= 4 is 12.0 Å². The zero-order chi connectivity index (χ0) is 21.7. The first-order valence-electron chi connectivity index (χ1n) is 10.2. The lowest BCUT2D eigenvalue weighted by atomic mass is 9.79. The van der Waals surface area contributed by atoms with Gasteiger partial charge in [-0.25, -0.2) is 4.79 Å². The number of hydrogen-bond acceptors (Lipinski definition) is 4. The molecule has 6 nitrogen and oxygen atoms in total. The van der Waals surface area contributed by atoms with Crippen molar-refractivity contribution in [2.24, 2.45) is 11.8 Å². The minimum absolute atomic E-state index is 0.0343. The van der Waals surface area contributed by atoms with Crippen LogP contribution in [0.1, 0.15) is 37.3 Å². The molecule has 3 aliphatic rings. The number of rotatable bonds is 5. The number of alkyl halides is 3. The molecule has 3 fully saturated rings. The van der Waals surface area contributed by atoms with Gasteiger partial charge in [-0.15, -0.1) is 13.2 Å². The third kappa shape index (κ3) is 3.94. The molecule has 2 atom stereocenters. The lowest BCUT2D eigenvalue weighted by molar-refractivity contribution is -0.274. The minimum atomic E-state index is -4.72. The lowest BCUT2D eigenvalue weighted by Gasteiger charge is -2.37. The molecule has 0 spiro atoms. The number of nitrogens with zero attached hydrogens (tertiary/aromatic N) is 1. The number of amides is 2. The van der Waals surface area contributed by atoms with Gasteiger partial charge in [0.25, 0.3) is 0 Å². The number of hydrogen-bond donors (Lipinski definition) is 1. The molecule has 2 aliphatic carbocycles. The maximum Gasteiger partial charge on any atom is 0.573 e. The number of benzene rings is 1. The first-order chi connectivity index (χ1) is 14.1. The van der Waals surface area contributed by atoms with E-state index in [2.05, 4.69) is 10.1 Å². The molecule has 2 amide bonds. The van der Waals surface area contributed by atoms with Gasteiger partial charge in [-0.3, -0.25) is 4.79 Å². The first kappa shape index (κ1) is 20.8. The topological polar surface area (TPSA) is 67.9 Å². The van der Waals surface area contributed by atoms with Crippen LogP contribution in [0.3, 0.4) is 0 Å². The van der Waals surface area contributed by atoms with Gasteiger partial charge in [0.05, 0.1) is 6.61 Å². The number of fused-ring (bicyclic) bond motifs is 1. The molecule has 1 N–H and O–H groups in total. The van der Waals surface area contributed by atoms with Gasteiger partial charge in [0.15, 0.2) is 0 Å². The van der Waals surface area contributed by atoms with Crippen molar-refractivity contribution in [1.82, 2.24) is 10.2 Å². The monoisotopic (exact) mass is 426 g/mol. The molecule has 2 unspecified atom stereocenters. The molecule has 2 saturated carbocycles. The van der Waals surface area contributed by atoms with Gasteiger partial charge in [-0.2, -0.15) is 0 Å². The number of alkyl carbamates (subject to hydrolysis) is 1. The van der Waals surface area contributed by atoms with Crippen LogP contribution in [0.25, 0.3) is 0 Å². The van der Waals surface area contributed by atoms with E-state index in [1.165, 1.54) is 6.07 Å². The van der Waals surface area contributed by atoms with Crippen molar-refractivity contribution in [3.05, 3.63) is 29.3 Å². The Hall–Kier alpha value is -2.45. The summed E-state index contributed by atoms with van der Waals surface area (Å²) in [5.74, 6) is 0.136. The third-order valence-corrected chi connectivity index (χ3v) is 6.52. The van der Waals surface area contributed by atoms with Gasteiger partial charge < -0.3 is 19.7 Å². The van der Waals surface area contributed by atoms with Crippen LogP contribution in [0.5, 0.6) is 5.75 Å². The zero-order valence-electron chi connectivity index (χ0n) is 16.9. The normalized spacial score (nSPS) is 29.6. The van der Waals surface area contributed by atoms with Gasteiger partial charge >= 0.3 is 12.5 Å². The molecule has 0 aromatic heterocycles. The molecule has 164 valence electrons. The number of likely N-dealkylation sites (tertiary alicyclic amines) is 1. The maximum atomic E-state index is 12.8. The van der Waals surface area contributed by atoms with Crippen LogP contribution in [0, 0.1) is 18.8 Å². The predicted molar refractivity (Wildman–Crippen MR) is 101 cm³/mol. The second-order valence-corrected chi connectivity index (χ2v) is 8.53. The summed E-state index contributed by atoms with van der Waals surface area (Å²) in [7, 11) is 0. The van der Waals surface area contributed by atoms with E-state index < -0.39 is 12.5 Å². The second kappa shape index (κ2) is 7.35. The zero-order valence-corrected chi connectivity index (χ0v) is 16.9. The number of nitrogens with one attached hydrogen (secondary N) is 1. The molecule has 4 rings (SSSR count). The average Bonchev–Trinajstić information content (AvgIpc) is 3.19. The number of halogens is 3. The van der Waals surface area contributed by atoms with Crippen molar-refractivity contribution in [3.63, 3.8) is 0 Å². The summed E-state index contributed by atoms with van der Waals surface area (Å²) in [6.07, 6.45) is -3.02. The Kier molecular flexibility index (Phi) is 5.10. The number of ether oxygens (including phenoxy) is 2. The molecule has 1 aromatic carbocycles. The second-order valence-electron chi connectivity index (χ2n) is 8.53. The van der Waals surface area contributed by atoms with Crippen LogP contribution in [0.2, 0.25) is 0 Å². The van der Waals surface area contributed by atoms with E-state index in [4.69, 9.17) is 4.74 Å². The average molecular weight is 426 g/mol. The van der Waals surface area contributed by atoms with Gasteiger partial charge in [-0.1, -0.05) is 12.1 Å². The summed E-state index contributed by atoms with van der Waals surface area (Å²) < 4.78 is 46.4. The Morgan fingerprint density at radius 1 is 1.30 bits per heavy atom. The minimum Gasteiger partial charge on any atom is -0.450 e. The van der Waals surface area contributed by atoms with Crippen molar-refractivity contribution in [2.75, 3.05) is 19.7 Å². The van der Waals surface area contributed by atoms with Crippen molar-refractivity contribution in [3.8, 4) is 5.75 Å². The predicted octanol–water partition coefficient (Wildman–Crippen LogP) is 3.52. The Bertz CT molecular complexity index is 853. The fraction of sp³-hybridized carbons (Fsp3) is 0.619. The summed E-state index contributed by atoms with van der Waals surface area (Å²) >= 11 is 0. The van der Waals surface area contributed by atoms with Crippen LogP contribution in [0.4, 0.5) is 18.0 Å². The molecule has 1 saturated heterocycles. The standard InChI is InChI=1S/C21H25F3N2O4/c1-3-29-19(28)25-16-7-13(8-16)18(27)26-10-15-9-20(15,11-26)14-4-5-17(12(2)6-14)30-21(22,23)24/h4-6,13,15-16H,3,7-11H2,1-2H3,(H,25,28)/t13-,15?,16+,20?. The first-order valence-corrected chi connectivity index (χ1v) is 10.2. The summed E-state index contributed by atoms with van der Waals surface area (Å²) in [6, 6.07) is 4.76. The van der Waals surface area contributed by atoms with E-state index in [1.54, 1.807) is 26.0 Å². The Morgan fingerprint density at radius 3 is 2.67 bits per heavy atom.